The molecule has 0 unspecified atom stereocenters. The number of hydrogen-bond donors (Lipinski definition) is 1. The van der Waals surface area contributed by atoms with Gasteiger partial charge in [-0.15, -0.1) is 5.10 Å². The van der Waals surface area contributed by atoms with Crippen molar-refractivity contribution in [3.05, 3.63) is 54.4 Å². The lowest BCUT2D eigenvalue weighted by atomic mass is 10.1. The van der Waals surface area contributed by atoms with E-state index in [0.717, 1.165) is 6.54 Å². The van der Waals surface area contributed by atoms with Crippen LogP contribution >= 0.6 is 0 Å². The first-order chi connectivity index (χ1) is 12.7. The predicted octanol–water partition coefficient (Wildman–Crippen LogP) is 3.05. The molecule has 0 saturated heterocycles. The number of amides is 1. The van der Waals surface area contributed by atoms with Crippen LogP contribution in [0.2, 0.25) is 0 Å². The second kappa shape index (κ2) is 7.07. The third kappa shape index (κ3) is 3.49. The van der Waals surface area contributed by atoms with Crippen LogP contribution in [0.4, 0.5) is 10.2 Å². The molecule has 1 saturated carbocycles. The van der Waals surface area contributed by atoms with Crippen molar-refractivity contribution in [3.8, 4) is 5.82 Å². The summed E-state index contributed by atoms with van der Waals surface area (Å²) in [5, 5.41) is 11.1. The fourth-order valence-electron chi connectivity index (χ4n) is 3.28. The van der Waals surface area contributed by atoms with Gasteiger partial charge in [0.1, 0.15) is 0 Å². The molecular weight excluding hydrogens is 335 g/mol. The van der Waals surface area contributed by atoms with E-state index < -0.39 is 5.82 Å². The summed E-state index contributed by atoms with van der Waals surface area (Å²) in [6.45, 7) is 0.848. The number of anilines is 1. The van der Waals surface area contributed by atoms with Gasteiger partial charge in [0.05, 0.1) is 11.8 Å². The first-order valence-electron chi connectivity index (χ1n) is 8.69. The summed E-state index contributed by atoms with van der Waals surface area (Å²) in [7, 11) is 0. The van der Waals surface area contributed by atoms with Gasteiger partial charge in [0, 0.05) is 31.2 Å². The second-order valence-corrected chi connectivity index (χ2v) is 6.51. The van der Waals surface area contributed by atoms with E-state index in [1.54, 1.807) is 24.7 Å². The Morgan fingerprint density at radius 2 is 2.15 bits per heavy atom. The fraction of sp³-hybridized carbons (Fsp3) is 0.333. The molecule has 4 rings (SSSR count). The Hall–Kier alpha value is -3.03. The minimum atomic E-state index is -0.485. The van der Waals surface area contributed by atoms with Crippen LogP contribution in [0.1, 0.15) is 36.0 Å². The molecule has 8 heteroatoms. The first kappa shape index (κ1) is 16.4. The Morgan fingerprint density at radius 3 is 2.96 bits per heavy atom. The third-order valence-corrected chi connectivity index (χ3v) is 4.60. The number of carbonyl (C=O) groups excluding carboxylic acids is 1. The van der Waals surface area contributed by atoms with E-state index >= 15 is 0 Å². The zero-order valence-electron chi connectivity index (χ0n) is 14.2. The van der Waals surface area contributed by atoms with E-state index in [-0.39, 0.29) is 11.7 Å². The minimum absolute atomic E-state index is 0.0809. The van der Waals surface area contributed by atoms with Gasteiger partial charge in [0.15, 0.2) is 17.5 Å². The quantitative estimate of drug-likeness (QED) is 0.764. The highest BCUT2D eigenvalue weighted by atomic mass is 19.1. The highest BCUT2D eigenvalue weighted by Gasteiger charge is 2.17. The van der Waals surface area contributed by atoms with Crippen LogP contribution in [0.5, 0.6) is 0 Å². The molecule has 1 fully saturated rings. The number of halogens is 1. The van der Waals surface area contributed by atoms with Crippen LogP contribution in [0, 0.1) is 11.7 Å². The van der Waals surface area contributed by atoms with Crippen LogP contribution in [-0.4, -0.2) is 30.5 Å². The molecule has 7 nitrogen and oxygen atoms in total. The molecule has 0 aliphatic heterocycles. The Labute approximate surface area is 149 Å². The predicted molar refractivity (Wildman–Crippen MR) is 93.5 cm³/mol. The van der Waals surface area contributed by atoms with Crippen LogP contribution in [0.3, 0.4) is 0 Å². The molecule has 0 spiro atoms. The van der Waals surface area contributed by atoms with Crippen molar-refractivity contribution in [2.45, 2.75) is 32.2 Å². The lowest BCUT2D eigenvalue weighted by molar-refractivity contribution is 0.102. The van der Waals surface area contributed by atoms with E-state index in [4.69, 9.17) is 0 Å². The molecule has 134 valence electrons. The summed E-state index contributed by atoms with van der Waals surface area (Å²) in [6, 6.07) is 4.41. The zero-order chi connectivity index (χ0) is 17.9. The smallest absolute Gasteiger partial charge is 0.260 e. The largest absolute Gasteiger partial charge is 0.305 e. The molecule has 0 radical (unpaired) electrons. The van der Waals surface area contributed by atoms with Gasteiger partial charge in [-0.2, -0.15) is 5.10 Å². The number of hydrogen-bond acceptors (Lipinski definition) is 4. The Morgan fingerprint density at radius 1 is 1.31 bits per heavy atom. The minimum Gasteiger partial charge on any atom is -0.305 e. The van der Waals surface area contributed by atoms with Crippen LogP contribution in [0.15, 0.2) is 43.0 Å². The Bertz CT molecular complexity index is 912. The number of carbonyl (C=O) groups is 1. The maximum absolute atomic E-state index is 13.8. The number of aromatic nitrogens is 5. The lowest BCUT2D eigenvalue weighted by Gasteiger charge is -2.07. The van der Waals surface area contributed by atoms with E-state index in [1.165, 1.54) is 48.7 Å². The first-order valence-corrected chi connectivity index (χ1v) is 8.69. The average Bonchev–Trinajstić information content (AvgIpc) is 3.38. The van der Waals surface area contributed by atoms with E-state index in [1.807, 2.05) is 4.68 Å². The molecule has 26 heavy (non-hydrogen) atoms. The summed E-state index contributed by atoms with van der Waals surface area (Å²) in [6.07, 6.45) is 11.3. The molecule has 0 bridgehead atoms. The highest BCUT2D eigenvalue weighted by Crippen LogP contribution is 2.26. The third-order valence-electron chi connectivity index (χ3n) is 4.60. The molecule has 1 aliphatic carbocycles. The lowest BCUT2D eigenvalue weighted by Crippen LogP contribution is -2.12. The summed E-state index contributed by atoms with van der Waals surface area (Å²) in [5.74, 6) is 0.270. The number of rotatable bonds is 5. The molecule has 1 N–H and O–H groups in total. The molecule has 3 aromatic rings. The monoisotopic (exact) mass is 354 g/mol. The van der Waals surface area contributed by atoms with Crippen molar-refractivity contribution in [3.63, 3.8) is 0 Å². The Balaban J connectivity index is 1.42. The van der Waals surface area contributed by atoms with Crippen molar-refractivity contribution < 1.29 is 9.18 Å². The topological polar surface area (TPSA) is 77.6 Å². The van der Waals surface area contributed by atoms with Crippen LogP contribution in [0.25, 0.3) is 5.82 Å². The van der Waals surface area contributed by atoms with Crippen molar-refractivity contribution in [2.75, 3.05) is 5.32 Å². The van der Waals surface area contributed by atoms with Crippen molar-refractivity contribution in [1.29, 1.82) is 0 Å². The summed E-state index contributed by atoms with van der Waals surface area (Å²) >= 11 is 0. The molecule has 1 aliphatic rings. The van der Waals surface area contributed by atoms with E-state index in [2.05, 4.69) is 20.5 Å². The van der Waals surface area contributed by atoms with Crippen LogP contribution < -0.4 is 5.32 Å². The maximum atomic E-state index is 13.8. The summed E-state index contributed by atoms with van der Waals surface area (Å²) < 4.78 is 16.9. The molecule has 1 amide bonds. The molecule has 0 atom stereocenters. The van der Waals surface area contributed by atoms with Gasteiger partial charge < -0.3 is 5.32 Å². The van der Waals surface area contributed by atoms with Gasteiger partial charge in [-0.25, -0.2) is 14.1 Å². The van der Waals surface area contributed by atoms with Gasteiger partial charge in [-0.3, -0.25) is 9.48 Å². The number of nitrogens with one attached hydrogen (secondary N) is 1. The standard InChI is InChI=1S/C18H19FN6O/c19-15-6-3-8-20-17(15)25-9-7-16(23-25)22-18(26)14-10-21-24(12-14)11-13-4-1-2-5-13/h3,6-10,12-13H,1-2,4-5,11H2,(H,22,23,26). The second-order valence-electron chi connectivity index (χ2n) is 6.51. The van der Waals surface area contributed by atoms with E-state index in [9.17, 15) is 9.18 Å². The van der Waals surface area contributed by atoms with Gasteiger partial charge in [-0.05, 0) is 30.9 Å². The molecule has 3 heterocycles. The van der Waals surface area contributed by atoms with Crippen molar-refractivity contribution in [1.82, 2.24) is 24.5 Å². The number of pyridine rings is 1. The van der Waals surface area contributed by atoms with Gasteiger partial charge in [-0.1, -0.05) is 12.8 Å². The molecule has 0 aromatic carbocycles. The average molecular weight is 354 g/mol. The van der Waals surface area contributed by atoms with Gasteiger partial charge >= 0.3 is 0 Å². The summed E-state index contributed by atoms with van der Waals surface area (Å²) in [4.78, 5) is 16.3. The molecular formula is C18H19FN6O. The highest BCUT2D eigenvalue weighted by molar-refractivity contribution is 6.03. The number of nitrogens with zero attached hydrogens (tertiary/aromatic N) is 5. The van der Waals surface area contributed by atoms with E-state index in [0.29, 0.717) is 17.3 Å². The zero-order valence-corrected chi connectivity index (χ0v) is 14.2. The summed E-state index contributed by atoms with van der Waals surface area (Å²) in [5.41, 5.74) is 0.474. The van der Waals surface area contributed by atoms with Gasteiger partial charge in [0.2, 0.25) is 0 Å². The SMILES string of the molecule is O=C(Nc1ccn(-c2ncccc2F)n1)c1cnn(CC2CCCC2)c1. The molecule has 3 aromatic heterocycles. The normalized spacial score (nSPS) is 14.7. The maximum Gasteiger partial charge on any atom is 0.260 e. The van der Waals surface area contributed by atoms with Crippen LogP contribution in [-0.2, 0) is 6.54 Å². The fourth-order valence-corrected chi connectivity index (χ4v) is 3.28. The van der Waals surface area contributed by atoms with Crippen molar-refractivity contribution >= 4 is 11.7 Å². The van der Waals surface area contributed by atoms with Crippen molar-refractivity contribution in [2.24, 2.45) is 5.92 Å². The Kier molecular flexibility index (Phi) is 4.47. The van der Waals surface area contributed by atoms with Gasteiger partial charge in [0.25, 0.3) is 5.91 Å².